The van der Waals surface area contributed by atoms with E-state index in [1.165, 1.54) is 18.2 Å². The van der Waals surface area contributed by atoms with E-state index in [2.05, 4.69) is 50.5 Å². The van der Waals surface area contributed by atoms with Gasteiger partial charge < -0.3 is 20.5 Å². The van der Waals surface area contributed by atoms with E-state index in [1.807, 2.05) is 6.07 Å². The number of phenolic OH excluding ortho intramolecular Hbond substituents is 1. The standard InChI is InChI=1S/C24H28N2O3/c1-13-8-16-17(9-14(13)2)26-23(15-6-7-19(27)21(10-15)29-5)22-18(25-16)11-24(3,4)12-20(22)28/h6-10,23,25-27H,11-12H2,1-5H3/t23-/m1/s1. The number of fused-ring (bicyclic) bond motifs is 1. The number of anilines is 2. The summed E-state index contributed by atoms with van der Waals surface area (Å²) in [6, 6.07) is 9.20. The lowest BCUT2D eigenvalue weighted by Gasteiger charge is -2.34. The molecule has 1 heterocycles. The number of ether oxygens (including phenoxy) is 1. The maximum atomic E-state index is 13.3. The van der Waals surface area contributed by atoms with E-state index < -0.39 is 0 Å². The number of nitrogens with one attached hydrogen (secondary N) is 2. The Hall–Kier alpha value is -2.95. The van der Waals surface area contributed by atoms with Gasteiger partial charge in [-0.15, -0.1) is 0 Å². The first-order chi connectivity index (χ1) is 13.7. The molecule has 1 aliphatic heterocycles. The monoisotopic (exact) mass is 392 g/mol. The molecule has 4 rings (SSSR count). The van der Waals surface area contributed by atoms with Gasteiger partial charge in [0.05, 0.1) is 24.5 Å². The number of rotatable bonds is 2. The van der Waals surface area contributed by atoms with Crippen molar-refractivity contribution >= 4 is 17.2 Å². The number of aryl methyl sites for hydroxylation is 2. The molecular formula is C24H28N2O3. The lowest BCUT2D eigenvalue weighted by atomic mass is 9.73. The van der Waals surface area contributed by atoms with E-state index >= 15 is 0 Å². The second kappa shape index (κ2) is 6.83. The van der Waals surface area contributed by atoms with Gasteiger partial charge in [0.25, 0.3) is 0 Å². The molecule has 0 unspecified atom stereocenters. The highest BCUT2D eigenvalue weighted by molar-refractivity contribution is 6.01. The summed E-state index contributed by atoms with van der Waals surface area (Å²) in [5.74, 6) is 0.627. The van der Waals surface area contributed by atoms with Crippen LogP contribution in [0.25, 0.3) is 0 Å². The number of allylic oxidation sites excluding steroid dienone is 1. The molecule has 0 spiro atoms. The average Bonchev–Trinajstić information content (AvgIpc) is 2.78. The Kier molecular flexibility index (Phi) is 4.56. The number of carbonyl (C=O) groups is 1. The second-order valence-electron chi connectivity index (χ2n) is 8.95. The number of benzene rings is 2. The van der Waals surface area contributed by atoms with Gasteiger partial charge in [0, 0.05) is 17.7 Å². The minimum absolute atomic E-state index is 0.0835. The van der Waals surface area contributed by atoms with Crippen molar-refractivity contribution in [2.24, 2.45) is 5.41 Å². The minimum atomic E-state index is -0.320. The number of Topliss-reactive ketones (excluding diaryl/α,β-unsaturated/α-hetero) is 1. The molecule has 2 aliphatic rings. The topological polar surface area (TPSA) is 70.6 Å². The Balaban J connectivity index is 1.91. The molecule has 2 aromatic rings. The summed E-state index contributed by atoms with van der Waals surface area (Å²) in [7, 11) is 1.53. The number of ketones is 1. The largest absolute Gasteiger partial charge is 0.504 e. The zero-order valence-electron chi connectivity index (χ0n) is 17.6. The molecule has 152 valence electrons. The normalized spacial score (nSPS) is 20.2. The zero-order chi connectivity index (χ0) is 20.9. The number of methoxy groups -OCH3 is 1. The maximum absolute atomic E-state index is 13.3. The molecule has 5 heteroatoms. The first kappa shape index (κ1) is 19.4. The number of hydrogen-bond donors (Lipinski definition) is 3. The van der Waals surface area contributed by atoms with Gasteiger partial charge in [-0.05, 0) is 66.6 Å². The van der Waals surface area contributed by atoms with Gasteiger partial charge in [0.15, 0.2) is 17.3 Å². The maximum Gasteiger partial charge on any atom is 0.163 e. The Morgan fingerprint density at radius 3 is 2.45 bits per heavy atom. The SMILES string of the molecule is COc1cc([C@H]2Nc3cc(C)c(C)cc3NC3=C2C(=O)CC(C)(C)C3)ccc1O. The van der Waals surface area contributed by atoms with Crippen LogP contribution < -0.4 is 15.4 Å². The van der Waals surface area contributed by atoms with Crippen LogP contribution in [0, 0.1) is 19.3 Å². The summed E-state index contributed by atoms with van der Waals surface area (Å²) in [4.78, 5) is 13.3. The first-order valence-corrected chi connectivity index (χ1v) is 9.96. The van der Waals surface area contributed by atoms with Crippen LogP contribution in [0.4, 0.5) is 11.4 Å². The summed E-state index contributed by atoms with van der Waals surface area (Å²) in [5.41, 5.74) is 6.86. The molecule has 0 radical (unpaired) electrons. The smallest absolute Gasteiger partial charge is 0.163 e. The molecule has 5 nitrogen and oxygen atoms in total. The summed E-state index contributed by atoms with van der Waals surface area (Å²) in [5, 5.41) is 17.2. The predicted octanol–water partition coefficient (Wildman–Crippen LogP) is 5.24. The van der Waals surface area contributed by atoms with E-state index in [-0.39, 0.29) is 23.0 Å². The molecule has 0 saturated heterocycles. The van der Waals surface area contributed by atoms with Crippen molar-refractivity contribution in [2.45, 2.75) is 46.6 Å². The Labute approximate surface area is 171 Å². The number of carbonyl (C=O) groups excluding carboxylic acids is 1. The fourth-order valence-electron chi connectivity index (χ4n) is 4.33. The molecule has 3 N–H and O–H groups in total. The fourth-order valence-corrected chi connectivity index (χ4v) is 4.33. The molecule has 0 saturated carbocycles. The molecule has 2 aromatic carbocycles. The van der Waals surface area contributed by atoms with Gasteiger partial charge in [-0.25, -0.2) is 0 Å². The quantitative estimate of drug-likeness (QED) is 0.652. The molecule has 0 amide bonds. The third-order valence-electron chi connectivity index (χ3n) is 5.97. The van der Waals surface area contributed by atoms with Crippen molar-refractivity contribution in [1.82, 2.24) is 0 Å². The van der Waals surface area contributed by atoms with E-state index in [1.54, 1.807) is 12.1 Å². The highest BCUT2D eigenvalue weighted by atomic mass is 16.5. The Morgan fingerprint density at radius 1 is 1.07 bits per heavy atom. The highest BCUT2D eigenvalue weighted by Crippen LogP contribution is 2.46. The van der Waals surface area contributed by atoms with E-state index in [4.69, 9.17) is 4.74 Å². The van der Waals surface area contributed by atoms with Crippen LogP contribution in [0.15, 0.2) is 41.6 Å². The highest BCUT2D eigenvalue weighted by Gasteiger charge is 2.39. The lowest BCUT2D eigenvalue weighted by Crippen LogP contribution is -2.31. The van der Waals surface area contributed by atoms with Crippen molar-refractivity contribution in [1.29, 1.82) is 0 Å². The number of hydrogen-bond acceptors (Lipinski definition) is 5. The van der Waals surface area contributed by atoms with Gasteiger partial charge >= 0.3 is 0 Å². The molecule has 0 bridgehead atoms. The van der Waals surface area contributed by atoms with Crippen LogP contribution in [-0.2, 0) is 4.79 Å². The Bertz CT molecular complexity index is 1040. The van der Waals surface area contributed by atoms with Crippen LogP contribution in [0.1, 0.15) is 49.4 Å². The van der Waals surface area contributed by atoms with E-state index in [0.717, 1.165) is 34.6 Å². The van der Waals surface area contributed by atoms with Gasteiger partial charge in [-0.1, -0.05) is 19.9 Å². The average molecular weight is 392 g/mol. The number of aromatic hydroxyl groups is 1. The molecule has 1 aliphatic carbocycles. The third kappa shape index (κ3) is 3.46. The van der Waals surface area contributed by atoms with E-state index in [0.29, 0.717) is 12.2 Å². The number of phenols is 1. The van der Waals surface area contributed by atoms with Crippen LogP contribution in [-0.4, -0.2) is 18.0 Å². The van der Waals surface area contributed by atoms with Crippen LogP contribution in [0.5, 0.6) is 11.5 Å². The second-order valence-corrected chi connectivity index (χ2v) is 8.95. The van der Waals surface area contributed by atoms with Gasteiger partial charge in [0.2, 0.25) is 0 Å². The van der Waals surface area contributed by atoms with Gasteiger partial charge in [0.1, 0.15) is 0 Å². The lowest BCUT2D eigenvalue weighted by molar-refractivity contribution is -0.118. The van der Waals surface area contributed by atoms with Crippen LogP contribution >= 0.6 is 0 Å². The summed E-state index contributed by atoms with van der Waals surface area (Å²) >= 11 is 0. The summed E-state index contributed by atoms with van der Waals surface area (Å²) in [6.07, 6.45) is 1.31. The van der Waals surface area contributed by atoms with Crippen LogP contribution in [0.3, 0.4) is 0 Å². The summed E-state index contributed by atoms with van der Waals surface area (Å²) in [6.45, 7) is 8.45. The van der Waals surface area contributed by atoms with E-state index in [9.17, 15) is 9.90 Å². The van der Waals surface area contributed by atoms with Gasteiger partial charge in [-0.3, -0.25) is 4.79 Å². The molecule has 29 heavy (non-hydrogen) atoms. The zero-order valence-corrected chi connectivity index (χ0v) is 17.6. The predicted molar refractivity (Wildman–Crippen MR) is 116 cm³/mol. The van der Waals surface area contributed by atoms with Gasteiger partial charge in [-0.2, -0.15) is 0 Å². The van der Waals surface area contributed by atoms with Crippen LogP contribution in [0.2, 0.25) is 0 Å². The van der Waals surface area contributed by atoms with Crippen molar-refractivity contribution < 1.29 is 14.6 Å². The van der Waals surface area contributed by atoms with Crippen molar-refractivity contribution in [3.05, 3.63) is 58.3 Å². The van der Waals surface area contributed by atoms with Crippen molar-refractivity contribution in [2.75, 3.05) is 17.7 Å². The fraction of sp³-hybridized carbons (Fsp3) is 0.375. The summed E-state index contributed by atoms with van der Waals surface area (Å²) < 4.78 is 5.31. The minimum Gasteiger partial charge on any atom is -0.504 e. The third-order valence-corrected chi connectivity index (χ3v) is 5.97. The first-order valence-electron chi connectivity index (χ1n) is 9.96. The van der Waals surface area contributed by atoms with Crippen molar-refractivity contribution in [3.8, 4) is 11.5 Å². The molecule has 1 atom stereocenters. The molecule has 0 fully saturated rings. The molecule has 0 aromatic heterocycles. The molecular weight excluding hydrogens is 364 g/mol. The Morgan fingerprint density at radius 2 is 1.76 bits per heavy atom. The van der Waals surface area contributed by atoms with Crippen molar-refractivity contribution in [3.63, 3.8) is 0 Å².